The molecule has 1 aliphatic heterocycles. The summed E-state index contributed by atoms with van der Waals surface area (Å²) >= 11 is 1.72. The molecule has 16 heavy (non-hydrogen) atoms. The number of carbonyl (C=O) groups is 1. The Morgan fingerprint density at radius 1 is 1.56 bits per heavy atom. The smallest absolute Gasteiger partial charge is 0.239 e. The minimum Gasteiger partial charge on any atom is -0.381 e. The van der Waals surface area contributed by atoms with Gasteiger partial charge in [0.25, 0.3) is 0 Å². The van der Waals surface area contributed by atoms with E-state index in [0.29, 0.717) is 6.04 Å². The minimum absolute atomic E-state index is 0.0703. The summed E-state index contributed by atoms with van der Waals surface area (Å²) in [5.74, 6) is 1.01. The molecule has 0 radical (unpaired) electrons. The van der Waals surface area contributed by atoms with Crippen LogP contribution in [0.1, 0.15) is 19.3 Å². The maximum absolute atomic E-state index is 12.0. The normalized spacial score (nSPS) is 19.4. The zero-order valence-electron chi connectivity index (χ0n) is 10.1. The highest BCUT2D eigenvalue weighted by atomic mass is 32.2. The van der Waals surface area contributed by atoms with Crippen LogP contribution in [0.4, 0.5) is 0 Å². The Balaban J connectivity index is 2.38. The SMILES string of the molecule is CSCC[C@@H](N)C(=O)N(C)C1CCOCC1. The first-order valence-electron chi connectivity index (χ1n) is 5.75. The van der Waals surface area contributed by atoms with Crippen molar-refractivity contribution in [2.75, 3.05) is 32.3 Å². The van der Waals surface area contributed by atoms with Crippen LogP contribution in [0.2, 0.25) is 0 Å². The fourth-order valence-corrected chi connectivity index (χ4v) is 2.37. The fraction of sp³-hybridized carbons (Fsp3) is 0.909. The van der Waals surface area contributed by atoms with Crippen molar-refractivity contribution in [2.45, 2.75) is 31.3 Å². The van der Waals surface area contributed by atoms with E-state index in [1.165, 1.54) is 0 Å². The Morgan fingerprint density at radius 2 is 2.19 bits per heavy atom. The van der Waals surface area contributed by atoms with Crippen LogP contribution in [0.25, 0.3) is 0 Å². The number of likely N-dealkylation sites (N-methyl/N-ethyl adjacent to an activating group) is 1. The summed E-state index contributed by atoms with van der Waals surface area (Å²) in [4.78, 5) is 13.8. The first-order valence-corrected chi connectivity index (χ1v) is 7.15. The van der Waals surface area contributed by atoms with Gasteiger partial charge in [0.1, 0.15) is 0 Å². The third-order valence-corrected chi connectivity index (χ3v) is 3.68. The van der Waals surface area contributed by atoms with Gasteiger partial charge in [-0.2, -0.15) is 11.8 Å². The second-order valence-electron chi connectivity index (χ2n) is 4.18. The van der Waals surface area contributed by atoms with E-state index in [-0.39, 0.29) is 11.9 Å². The van der Waals surface area contributed by atoms with Gasteiger partial charge in [0, 0.05) is 26.3 Å². The monoisotopic (exact) mass is 246 g/mol. The van der Waals surface area contributed by atoms with Crippen LogP contribution >= 0.6 is 11.8 Å². The maximum Gasteiger partial charge on any atom is 0.239 e. The molecule has 5 heteroatoms. The third kappa shape index (κ3) is 3.96. The molecule has 1 saturated heterocycles. The van der Waals surface area contributed by atoms with Crippen LogP contribution < -0.4 is 5.73 Å². The van der Waals surface area contributed by atoms with E-state index < -0.39 is 0 Å². The first kappa shape index (κ1) is 13.8. The molecule has 4 nitrogen and oxygen atoms in total. The number of ether oxygens (including phenoxy) is 1. The zero-order chi connectivity index (χ0) is 12.0. The molecule has 1 atom stereocenters. The van der Waals surface area contributed by atoms with E-state index >= 15 is 0 Å². The van der Waals surface area contributed by atoms with Crippen LogP contribution in [0.5, 0.6) is 0 Å². The van der Waals surface area contributed by atoms with Crippen molar-refractivity contribution in [1.82, 2.24) is 4.90 Å². The maximum atomic E-state index is 12.0. The minimum atomic E-state index is -0.347. The van der Waals surface area contributed by atoms with E-state index in [0.717, 1.165) is 38.2 Å². The van der Waals surface area contributed by atoms with Gasteiger partial charge in [0.05, 0.1) is 6.04 Å². The van der Waals surface area contributed by atoms with Crippen molar-refractivity contribution < 1.29 is 9.53 Å². The van der Waals surface area contributed by atoms with Crippen LogP contribution in [-0.4, -0.2) is 55.2 Å². The molecule has 1 rings (SSSR count). The van der Waals surface area contributed by atoms with Crippen molar-refractivity contribution >= 4 is 17.7 Å². The van der Waals surface area contributed by atoms with Gasteiger partial charge in [-0.05, 0) is 31.3 Å². The van der Waals surface area contributed by atoms with E-state index in [1.807, 2.05) is 18.2 Å². The molecule has 0 saturated carbocycles. The second-order valence-corrected chi connectivity index (χ2v) is 5.17. The summed E-state index contributed by atoms with van der Waals surface area (Å²) in [6, 6.07) is -0.0399. The quantitative estimate of drug-likeness (QED) is 0.776. The van der Waals surface area contributed by atoms with Gasteiger partial charge in [-0.3, -0.25) is 4.79 Å². The van der Waals surface area contributed by atoms with Gasteiger partial charge < -0.3 is 15.4 Å². The number of hydrogen-bond acceptors (Lipinski definition) is 4. The van der Waals surface area contributed by atoms with E-state index in [2.05, 4.69) is 0 Å². The van der Waals surface area contributed by atoms with Crippen LogP contribution in [0.3, 0.4) is 0 Å². The number of thioether (sulfide) groups is 1. The second kappa shape index (κ2) is 7.14. The molecule has 0 bridgehead atoms. The number of rotatable bonds is 5. The molecule has 1 fully saturated rings. The lowest BCUT2D eigenvalue weighted by Crippen LogP contribution is -2.48. The molecule has 0 spiro atoms. The van der Waals surface area contributed by atoms with Gasteiger partial charge >= 0.3 is 0 Å². The Bertz CT molecular complexity index is 220. The van der Waals surface area contributed by atoms with Crippen LogP contribution in [0.15, 0.2) is 0 Å². The predicted molar refractivity (Wildman–Crippen MR) is 67.6 cm³/mol. The molecular formula is C11H22N2O2S. The summed E-state index contributed by atoms with van der Waals surface area (Å²) in [6.45, 7) is 1.50. The van der Waals surface area contributed by atoms with Crippen molar-refractivity contribution in [3.63, 3.8) is 0 Å². The zero-order valence-corrected chi connectivity index (χ0v) is 11.0. The molecule has 1 amide bonds. The lowest BCUT2D eigenvalue weighted by atomic mass is 10.1. The highest BCUT2D eigenvalue weighted by Crippen LogP contribution is 2.14. The Morgan fingerprint density at radius 3 is 2.75 bits per heavy atom. The van der Waals surface area contributed by atoms with Crippen LogP contribution in [0, 0.1) is 0 Å². The Labute approximate surface area is 102 Å². The average molecular weight is 246 g/mol. The van der Waals surface area contributed by atoms with Crippen molar-refractivity contribution in [3.05, 3.63) is 0 Å². The topological polar surface area (TPSA) is 55.6 Å². The highest BCUT2D eigenvalue weighted by Gasteiger charge is 2.25. The van der Waals surface area contributed by atoms with Crippen molar-refractivity contribution in [2.24, 2.45) is 5.73 Å². The number of hydrogen-bond donors (Lipinski definition) is 1. The lowest BCUT2D eigenvalue weighted by molar-refractivity contribution is -0.135. The molecule has 0 unspecified atom stereocenters. The van der Waals surface area contributed by atoms with Gasteiger partial charge in [0.15, 0.2) is 0 Å². The lowest BCUT2D eigenvalue weighted by Gasteiger charge is -2.32. The molecule has 0 aliphatic carbocycles. The molecule has 0 aromatic carbocycles. The summed E-state index contributed by atoms with van der Waals surface area (Å²) in [6.07, 6.45) is 4.64. The summed E-state index contributed by atoms with van der Waals surface area (Å²) < 4.78 is 5.28. The third-order valence-electron chi connectivity index (χ3n) is 3.04. The Kier molecular flexibility index (Phi) is 6.16. The number of carbonyl (C=O) groups excluding carboxylic acids is 1. The Hall–Kier alpha value is -0.260. The standard InChI is InChI=1S/C11H22N2O2S/c1-13(9-3-6-15-7-4-9)11(14)10(12)5-8-16-2/h9-10H,3-8,12H2,1-2H3/t10-/m1/s1. The number of nitrogens with two attached hydrogens (primary N) is 1. The van der Waals surface area contributed by atoms with Crippen molar-refractivity contribution in [3.8, 4) is 0 Å². The van der Waals surface area contributed by atoms with E-state index in [9.17, 15) is 4.79 Å². The van der Waals surface area contributed by atoms with Gasteiger partial charge in [-0.1, -0.05) is 0 Å². The summed E-state index contributed by atoms with van der Waals surface area (Å²) in [5.41, 5.74) is 5.88. The van der Waals surface area contributed by atoms with Gasteiger partial charge in [0.2, 0.25) is 5.91 Å². The highest BCUT2D eigenvalue weighted by molar-refractivity contribution is 7.98. The first-order chi connectivity index (χ1) is 7.66. The predicted octanol–water partition coefficient (Wildman–Crippen LogP) is 0.704. The van der Waals surface area contributed by atoms with E-state index in [4.69, 9.17) is 10.5 Å². The number of nitrogens with zero attached hydrogens (tertiary/aromatic N) is 1. The molecule has 94 valence electrons. The molecular weight excluding hydrogens is 224 g/mol. The molecule has 1 heterocycles. The summed E-state index contributed by atoms with van der Waals surface area (Å²) in [5, 5.41) is 0. The van der Waals surface area contributed by atoms with Crippen LogP contribution in [-0.2, 0) is 9.53 Å². The fourth-order valence-electron chi connectivity index (χ4n) is 1.88. The largest absolute Gasteiger partial charge is 0.381 e. The number of amides is 1. The van der Waals surface area contributed by atoms with Crippen molar-refractivity contribution in [1.29, 1.82) is 0 Å². The molecule has 0 aromatic heterocycles. The van der Waals surface area contributed by atoms with Gasteiger partial charge in [-0.15, -0.1) is 0 Å². The van der Waals surface area contributed by atoms with Gasteiger partial charge in [-0.25, -0.2) is 0 Å². The molecule has 1 aliphatic rings. The van der Waals surface area contributed by atoms with E-state index in [1.54, 1.807) is 11.8 Å². The molecule has 0 aromatic rings. The molecule has 2 N–H and O–H groups in total. The summed E-state index contributed by atoms with van der Waals surface area (Å²) in [7, 11) is 1.86. The average Bonchev–Trinajstić information content (AvgIpc) is 2.35.